The largest absolute Gasteiger partial charge is 0.248 e. The van der Waals surface area contributed by atoms with Gasteiger partial charge in [-0.05, 0) is 17.8 Å². The van der Waals surface area contributed by atoms with Gasteiger partial charge >= 0.3 is 0 Å². The zero-order valence-corrected chi connectivity index (χ0v) is 9.45. The van der Waals surface area contributed by atoms with E-state index >= 15 is 0 Å². The van der Waals surface area contributed by atoms with Gasteiger partial charge in [0.15, 0.2) is 0 Å². The van der Waals surface area contributed by atoms with Gasteiger partial charge < -0.3 is 0 Å². The van der Waals surface area contributed by atoms with Crippen LogP contribution in [0.5, 0.6) is 0 Å². The molecular weight excluding hydrogens is 170 g/mol. The average molecular weight is 192 g/mol. The second-order valence-corrected chi connectivity index (χ2v) is 4.45. The number of hydrogen-bond acceptors (Lipinski definition) is 0. The highest BCUT2D eigenvalue weighted by atomic mass is 19.3. The quantitative estimate of drug-likeness (QED) is 0.530. The summed E-state index contributed by atoms with van der Waals surface area (Å²) >= 11 is 0. The molecule has 0 N–H and O–H groups in total. The zero-order chi connectivity index (χ0) is 10.7. The highest BCUT2D eigenvalue weighted by Gasteiger charge is 2.42. The third kappa shape index (κ3) is 3.61. The maximum atomic E-state index is 12.8. The molecule has 1 saturated carbocycles. The molecule has 1 rings (SSSR count). The van der Waals surface area contributed by atoms with Crippen LogP contribution in [0.25, 0.3) is 0 Å². The molecule has 1 aliphatic rings. The van der Waals surface area contributed by atoms with Gasteiger partial charge in [-0.3, -0.25) is 0 Å². The second-order valence-electron chi connectivity index (χ2n) is 4.45. The molecule has 1 aliphatic carbocycles. The van der Waals surface area contributed by atoms with Crippen molar-refractivity contribution in [3.8, 4) is 0 Å². The smallest absolute Gasteiger partial charge is 0.207 e. The van der Waals surface area contributed by atoms with Crippen LogP contribution in [0.2, 0.25) is 0 Å². The van der Waals surface area contributed by atoms with Crippen molar-refractivity contribution < 1.29 is 8.78 Å². The van der Waals surface area contributed by atoms with Crippen LogP contribution in [-0.4, -0.2) is 5.92 Å². The first-order chi connectivity index (χ1) is 5.83. The molecule has 0 aromatic heterocycles. The van der Waals surface area contributed by atoms with E-state index in [2.05, 4.69) is 13.8 Å². The van der Waals surface area contributed by atoms with Gasteiger partial charge in [-0.25, -0.2) is 8.78 Å². The zero-order valence-electron chi connectivity index (χ0n) is 9.45. The molecule has 13 heavy (non-hydrogen) atoms. The molecular formula is C11H22F2. The van der Waals surface area contributed by atoms with Crippen LogP contribution in [0, 0.1) is 11.3 Å². The van der Waals surface area contributed by atoms with Gasteiger partial charge in [-0.15, -0.1) is 0 Å². The molecule has 0 aliphatic heterocycles. The molecule has 80 valence electrons. The highest BCUT2D eigenvalue weighted by Crippen LogP contribution is 2.46. The van der Waals surface area contributed by atoms with Crippen LogP contribution in [-0.2, 0) is 0 Å². The lowest BCUT2D eigenvalue weighted by molar-refractivity contribution is -0.0850. The Hall–Kier alpha value is -0.140. The van der Waals surface area contributed by atoms with Crippen molar-refractivity contribution in [3.63, 3.8) is 0 Å². The number of halogens is 2. The molecule has 0 bridgehead atoms. The SMILES string of the molecule is CC.CC1CC(F)(F)CCC1(C)C. The minimum Gasteiger partial charge on any atom is -0.207 e. The van der Waals surface area contributed by atoms with Gasteiger partial charge in [0.1, 0.15) is 0 Å². The van der Waals surface area contributed by atoms with Gasteiger partial charge in [0.05, 0.1) is 0 Å². The van der Waals surface area contributed by atoms with Crippen molar-refractivity contribution in [2.75, 3.05) is 0 Å². The van der Waals surface area contributed by atoms with Crippen molar-refractivity contribution in [2.45, 2.75) is 59.8 Å². The molecule has 0 saturated heterocycles. The van der Waals surface area contributed by atoms with Crippen molar-refractivity contribution in [3.05, 3.63) is 0 Å². The molecule has 0 nitrogen and oxygen atoms in total. The summed E-state index contributed by atoms with van der Waals surface area (Å²) in [5.74, 6) is -2.25. The first-order valence-corrected chi connectivity index (χ1v) is 5.21. The predicted octanol–water partition coefficient (Wildman–Crippen LogP) is 4.49. The summed E-state index contributed by atoms with van der Waals surface area (Å²) in [4.78, 5) is 0. The summed E-state index contributed by atoms with van der Waals surface area (Å²) in [6.45, 7) is 10.1. The minimum atomic E-state index is -2.39. The molecule has 0 heterocycles. The van der Waals surface area contributed by atoms with E-state index in [1.165, 1.54) is 0 Å². The first-order valence-electron chi connectivity index (χ1n) is 5.21. The summed E-state index contributed by atoms with van der Waals surface area (Å²) < 4.78 is 25.6. The molecule has 0 aromatic carbocycles. The summed E-state index contributed by atoms with van der Waals surface area (Å²) in [5.41, 5.74) is 0.113. The van der Waals surface area contributed by atoms with Gasteiger partial charge in [0.2, 0.25) is 5.92 Å². The summed E-state index contributed by atoms with van der Waals surface area (Å²) in [6.07, 6.45) is 0.797. The van der Waals surface area contributed by atoms with Crippen molar-refractivity contribution in [1.82, 2.24) is 0 Å². The lowest BCUT2D eigenvalue weighted by Crippen LogP contribution is -2.36. The molecule has 1 fully saturated rings. The van der Waals surface area contributed by atoms with E-state index in [9.17, 15) is 8.78 Å². The van der Waals surface area contributed by atoms with Crippen molar-refractivity contribution in [1.29, 1.82) is 0 Å². The Balaban J connectivity index is 0.000000671. The fourth-order valence-corrected chi connectivity index (χ4v) is 1.58. The summed E-state index contributed by atoms with van der Waals surface area (Å²) in [7, 11) is 0. The van der Waals surface area contributed by atoms with Gasteiger partial charge in [-0.1, -0.05) is 34.6 Å². The summed E-state index contributed by atoms with van der Waals surface area (Å²) in [5, 5.41) is 0. The predicted molar refractivity (Wildman–Crippen MR) is 53.1 cm³/mol. The van der Waals surface area contributed by atoms with E-state index in [0.29, 0.717) is 6.42 Å². The Morgan fingerprint density at radius 2 is 1.54 bits per heavy atom. The van der Waals surface area contributed by atoms with Crippen LogP contribution >= 0.6 is 0 Å². The Bertz CT molecular complexity index is 150. The fraction of sp³-hybridized carbons (Fsp3) is 1.00. The first kappa shape index (κ1) is 12.9. The van der Waals surface area contributed by atoms with Crippen LogP contribution in [0.3, 0.4) is 0 Å². The number of rotatable bonds is 0. The van der Waals surface area contributed by atoms with Crippen LogP contribution < -0.4 is 0 Å². The third-order valence-corrected chi connectivity index (χ3v) is 3.07. The third-order valence-electron chi connectivity index (χ3n) is 3.07. The van der Waals surface area contributed by atoms with E-state index < -0.39 is 5.92 Å². The molecule has 0 radical (unpaired) electrons. The summed E-state index contributed by atoms with van der Waals surface area (Å²) in [6, 6.07) is 0. The Labute approximate surface area is 80.7 Å². The van der Waals surface area contributed by atoms with Crippen LogP contribution in [0.4, 0.5) is 8.78 Å². The molecule has 0 spiro atoms. The molecule has 2 heteroatoms. The minimum absolute atomic E-state index is 0.0694. The van der Waals surface area contributed by atoms with Crippen molar-refractivity contribution >= 4 is 0 Å². The van der Waals surface area contributed by atoms with E-state index in [0.717, 1.165) is 0 Å². The van der Waals surface area contributed by atoms with E-state index in [4.69, 9.17) is 0 Å². The molecule has 0 aromatic rings. The normalized spacial score (nSPS) is 30.2. The second kappa shape index (κ2) is 4.39. The number of alkyl halides is 2. The lowest BCUT2D eigenvalue weighted by Gasteiger charge is -2.40. The molecule has 0 amide bonds. The van der Waals surface area contributed by atoms with E-state index in [1.807, 2.05) is 20.8 Å². The van der Waals surface area contributed by atoms with E-state index in [1.54, 1.807) is 0 Å². The van der Waals surface area contributed by atoms with Crippen LogP contribution in [0.15, 0.2) is 0 Å². The van der Waals surface area contributed by atoms with Gasteiger partial charge in [-0.2, -0.15) is 0 Å². The fourth-order valence-electron chi connectivity index (χ4n) is 1.58. The van der Waals surface area contributed by atoms with Gasteiger partial charge in [0.25, 0.3) is 0 Å². The Kier molecular flexibility index (Phi) is 4.34. The monoisotopic (exact) mass is 192 g/mol. The molecule has 1 unspecified atom stereocenters. The maximum Gasteiger partial charge on any atom is 0.248 e. The number of hydrogen-bond donors (Lipinski definition) is 0. The average Bonchev–Trinajstić information content (AvgIpc) is 2.02. The lowest BCUT2D eigenvalue weighted by atomic mass is 9.68. The highest BCUT2D eigenvalue weighted by molar-refractivity contribution is 4.87. The van der Waals surface area contributed by atoms with Crippen LogP contribution in [0.1, 0.15) is 53.9 Å². The van der Waals surface area contributed by atoms with E-state index in [-0.39, 0.29) is 24.2 Å². The van der Waals surface area contributed by atoms with Crippen molar-refractivity contribution in [2.24, 2.45) is 11.3 Å². The van der Waals surface area contributed by atoms with Gasteiger partial charge in [0, 0.05) is 12.8 Å². The Morgan fingerprint density at radius 3 is 1.85 bits per heavy atom. The maximum absolute atomic E-state index is 12.8. The standard InChI is InChI=1S/C9H16F2.C2H6/c1-7-6-9(10,11)5-4-8(7,2)3;1-2/h7H,4-6H2,1-3H3;1-2H3. The molecule has 1 atom stereocenters. The topological polar surface area (TPSA) is 0 Å². The Morgan fingerprint density at radius 1 is 1.08 bits per heavy atom.